The van der Waals surface area contributed by atoms with E-state index in [1.807, 2.05) is 0 Å². The van der Waals surface area contributed by atoms with Gasteiger partial charge >= 0.3 is 0 Å². The van der Waals surface area contributed by atoms with Crippen molar-refractivity contribution >= 4 is 0 Å². The van der Waals surface area contributed by atoms with Gasteiger partial charge in [-0.05, 0) is 31.5 Å². The molecule has 0 atom stereocenters. The maximum Gasteiger partial charge on any atom is 0.164 e. The van der Waals surface area contributed by atoms with E-state index in [1.54, 1.807) is 12.1 Å². The fourth-order valence-corrected chi connectivity index (χ4v) is 1.92. The number of ether oxygens (including phenoxy) is 2. The molecule has 18 heavy (non-hydrogen) atoms. The Bertz CT molecular complexity index is 429. The van der Waals surface area contributed by atoms with Crippen LogP contribution in [0.25, 0.3) is 0 Å². The van der Waals surface area contributed by atoms with Crippen LogP contribution in [-0.4, -0.2) is 19.8 Å². The van der Waals surface area contributed by atoms with Crippen LogP contribution in [0.5, 0.6) is 11.5 Å². The normalized spacial score (nSPS) is 14.7. The van der Waals surface area contributed by atoms with Crippen LogP contribution in [0, 0.1) is 0 Å². The van der Waals surface area contributed by atoms with Gasteiger partial charge in [0.15, 0.2) is 11.5 Å². The summed E-state index contributed by atoms with van der Waals surface area (Å²) in [6.07, 6.45) is 0.562. The van der Waals surface area contributed by atoms with E-state index in [1.165, 1.54) is 13.8 Å². The topological polar surface area (TPSA) is 53.7 Å². The number of alkyl halides is 1. The van der Waals surface area contributed by atoms with Crippen molar-refractivity contribution in [2.24, 2.45) is 5.90 Å². The van der Waals surface area contributed by atoms with Crippen LogP contribution in [-0.2, 0) is 16.9 Å². The summed E-state index contributed by atoms with van der Waals surface area (Å²) >= 11 is 0. The molecule has 0 saturated carbocycles. The van der Waals surface area contributed by atoms with Gasteiger partial charge in [-0.3, -0.25) is 0 Å². The molecular formula is C13H18FNO3. The largest absolute Gasteiger partial charge is 0.486 e. The number of rotatable bonds is 4. The van der Waals surface area contributed by atoms with Crippen LogP contribution < -0.4 is 15.4 Å². The zero-order valence-electron chi connectivity index (χ0n) is 10.7. The van der Waals surface area contributed by atoms with Crippen LogP contribution >= 0.6 is 0 Å². The van der Waals surface area contributed by atoms with Crippen molar-refractivity contribution in [2.75, 3.05) is 19.8 Å². The predicted octanol–water partition coefficient (Wildman–Crippen LogP) is 2.10. The quantitative estimate of drug-likeness (QED) is 0.837. The van der Waals surface area contributed by atoms with Crippen LogP contribution in [0.1, 0.15) is 25.0 Å². The van der Waals surface area contributed by atoms with E-state index in [2.05, 4.69) is 4.84 Å². The van der Waals surface area contributed by atoms with Gasteiger partial charge < -0.3 is 14.3 Å². The molecule has 2 N–H and O–H groups in total. The summed E-state index contributed by atoms with van der Waals surface area (Å²) in [5, 5.41) is 0. The molecule has 0 aromatic heterocycles. The molecule has 5 heteroatoms. The highest BCUT2D eigenvalue weighted by molar-refractivity contribution is 5.51. The lowest BCUT2D eigenvalue weighted by Gasteiger charge is -2.24. The van der Waals surface area contributed by atoms with Gasteiger partial charge in [-0.1, -0.05) is 0 Å². The summed E-state index contributed by atoms with van der Waals surface area (Å²) in [6.45, 7) is 4.37. The Hall–Kier alpha value is -1.33. The van der Waals surface area contributed by atoms with Gasteiger partial charge in [0.25, 0.3) is 0 Å². The molecule has 0 unspecified atom stereocenters. The van der Waals surface area contributed by atoms with Gasteiger partial charge in [-0.15, -0.1) is 0 Å². The lowest BCUT2D eigenvalue weighted by atomic mass is 9.96. The molecule has 1 aliphatic heterocycles. The molecular weight excluding hydrogens is 237 g/mol. The van der Waals surface area contributed by atoms with Crippen molar-refractivity contribution in [2.45, 2.75) is 25.9 Å². The molecule has 1 aliphatic rings. The monoisotopic (exact) mass is 255 g/mol. The Morgan fingerprint density at radius 2 is 2.06 bits per heavy atom. The number of fused-ring (bicyclic) bond motifs is 1. The zero-order valence-corrected chi connectivity index (χ0v) is 10.7. The smallest absolute Gasteiger partial charge is 0.164 e. The Morgan fingerprint density at radius 3 is 2.72 bits per heavy atom. The summed E-state index contributed by atoms with van der Waals surface area (Å²) in [5.41, 5.74) is 0.00545. The van der Waals surface area contributed by atoms with E-state index in [0.717, 1.165) is 5.56 Å². The fourth-order valence-electron chi connectivity index (χ4n) is 1.92. The van der Waals surface area contributed by atoms with E-state index < -0.39 is 5.67 Å². The maximum atomic E-state index is 14.0. The Morgan fingerprint density at radius 1 is 1.33 bits per heavy atom. The SMILES string of the molecule is CC(C)(F)c1cc(CCON)c2c(c1)OCCO2. The molecule has 0 bridgehead atoms. The molecule has 100 valence electrons. The van der Waals surface area contributed by atoms with Crippen LogP contribution in [0.15, 0.2) is 12.1 Å². The van der Waals surface area contributed by atoms with Crippen molar-refractivity contribution in [1.29, 1.82) is 0 Å². The van der Waals surface area contributed by atoms with Crippen molar-refractivity contribution in [3.8, 4) is 11.5 Å². The first-order valence-electron chi connectivity index (χ1n) is 5.96. The van der Waals surface area contributed by atoms with Crippen LogP contribution in [0.4, 0.5) is 4.39 Å². The second-order valence-electron chi connectivity index (χ2n) is 4.75. The van der Waals surface area contributed by atoms with Gasteiger partial charge in [0.05, 0.1) is 6.61 Å². The van der Waals surface area contributed by atoms with E-state index in [0.29, 0.717) is 43.3 Å². The first-order valence-corrected chi connectivity index (χ1v) is 5.96. The Kier molecular flexibility index (Phi) is 3.73. The van der Waals surface area contributed by atoms with Gasteiger partial charge in [-0.2, -0.15) is 0 Å². The minimum absolute atomic E-state index is 0.353. The van der Waals surface area contributed by atoms with Gasteiger partial charge in [0, 0.05) is 12.0 Å². The summed E-state index contributed by atoms with van der Waals surface area (Å²) in [4.78, 5) is 4.57. The van der Waals surface area contributed by atoms with Gasteiger partial charge in [0.2, 0.25) is 0 Å². The second kappa shape index (κ2) is 5.12. The van der Waals surface area contributed by atoms with E-state index in [-0.39, 0.29) is 0 Å². The average molecular weight is 255 g/mol. The molecule has 1 aromatic rings. The fraction of sp³-hybridized carbons (Fsp3) is 0.538. The summed E-state index contributed by atoms with van der Waals surface area (Å²) in [6, 6.07) is 3.48. The van der Waals surface area contributed by atoms with Crippen molar-refractivity contribution in [1.82, 2.24) is 0 Å². The minimum Gasteiger partial charge on any atom is -0.486 e. The number of hydrogen-bond acceptors (Lipinski definition) is 4. The molecule has 0 radical (unpaired) electrons. The molecule has 1 aromatic carbocycles. The predicted molar refractivity (Wildman–Crippen MR) is 65.4 cm³/mol. The summed E-state index contributed by atoms with van der Waals surface area (Å²) in [5.74, 6) is 6.30. The van der Waals surface area contributed by atoms with Gasteiger partial charge in [-0.25, -0.2) is 10.3 Å². The third-order valence-electron chi connectivity index (χ3n) is 2.89. The third kappa shape index (κ3) is 2.73. The number of hydrogen-bond donors (Lipinski definition) is 1. The van der Waals surface area contributed by atoms with E-state index in [9.17, 15) is 4.39 Å². The highest BCUT2D eigenvalue weighted by Gasteiger charge is 2.25. The van der Waals surface area contributed by atoms with Crippen LogP contribution in [0.3, 0.4) is 0 Å². The lowest BCUT2D eigenvalue weighted by Crippen LogP contribution is -2.19. The highest BCUT2D eigenvalue weighted by atomic mass is 19.1. The Balaban J connectivity index is 2.41. The van der Waals surface area contributed by atoms with Crippen molar-refractivity contribution < 1.29 is 18.7 Å². The molecule has 2 rings (SSSR count). The number of benzene rings is 1. The standard InChI is InChI=1S/C13H18FNO3/c1-13(2,14)10-7-9(3-4-18-15)12-11(8-10)16-5-6-17-12/h7-8H,3-6,15H2,1-2H3. The average Bonchev–Trinajstić information content (AvgIpc) is 2.34. The van der Waals surface area contributed by atoms with Gasteiger partial charge in [0.1, 0.15) is 18.9 Å². The molecule has 4 nitrogen and oxygen atoms in total. The van der Waals surface area contributed by atoms with E-state index in [4.69, 9.17) is 15.4 Å². The van der Waals surface area contributed by atoms with Crippen molar-refractivity contribution in [3.63, 3.8) is 0 Å². The summed E-state index contributed by atoms with van der Waals surface area (Å²) in [7, 11) is 0. The molecule has 0 saturated heterocycles. The third-order valence-corrected chi connectivity index (χ3v) is 2.89. The minimum atomic E-state index is -1.42. The highest BCUT2D eigenvalue weighted by Crippen LogP contribution is 2.39. The first kappa shape index (κ1) is 13.1. The molecule has 0 amide bonds. The molecule has 0 spiro atoms. The Labute approximate surface area is 106 Å². The molecule has 1 heterocycles. The zero-order chi connectivity index (χ0) is 13.2. The van der Waals surface area contributed by atoms with Crippen LogP contribution in [0.2, 0.25) is 0 Å². The second-order valence-corrected chi connectivity index (χ2v) is 4.75. The lowest BCUT2D eigenvalue weighted by molar-refractivity contribution is 0.137. The first-order chi connectivity index (χ1) is 8.52. The molecule has 0 fully saturated rings. The number of halogens is 1. The van der Waals surface area contributed by atoms with E-state index >= 15 is 0 Å². The maximum absolute atomic E-state index is 14.0. The number of nitrogens with two attached hydrogens (primary N) is 1. The molecule has 0 aliphatic carbocycles. The van der Waals surface area contributed by atoms with Crippen molar-refractivity contribution in [3.05, 3.63) is 23.3 Å². The summed E-state index contributed by atoms with van der Waals surface area (Å²) < 4.78 is 25.1.